The van der Waals surface area contributed by atoms with Crippen LogP contribution in [-0.4, -0.2) is 70.8 Å². The Hall–Kier alpha value is -1.86. The number of hydrogen-bond donors (Lipinski definition) is 2. The van der Waals surface area contributed by atoms with Crippen LogP contribution in [0.15, 0.2) is 18.6 Å². The summed E-state index contributed by atoms with van der Waals surface area (Å²) in [6, 6.07) is 0. The number of fused-ring (bicyclic) bond motifs is 1. The van der Waals surface area contributed by atoms with Crippen molar-refractivity contribution in [2.24, 2.45) is 0 Å². The van der Waals surface area contributed by atoms with Crippen LogP contribution >= 0.6 is 0 Å². The first-order valence-corrected chi connectivity index (χ1v) is 6.91. The van der Waals surface area contributed by atoms with Crippen LogP contribution in [0.2, 0.25) is 0 Å². The first kappa shape index (κ1) is 13.1. The predicted octanol–water partition coefficient (Wildman–Crippen LogP) is -0.115. The lowest BCUT2D eigenvalue weighted by Gasteiger charge is -2.35. The first-order chi connectivity index (χ1) is 9.81. The minimum atomic E-state index is 0.220. The fraction of sp³-hybridized carbons (Fsp3) is 0.538. The van der Waals surface area contributed by atoms with Crippen molar-refractivity contribution in [1.29, 1.82) is 0 Å². The van der Waals surface area contributed by atoms with Gasteiger partial charge in [0, 0.05) is 52.2 Å². The third-order valence-electron chi connectivity index (χ3n) is 3.70. The fourth-order valence-electron chi connectivity index (χ4n) is 2.57. The topological polar surface area (TPSA) is 68.9 Å². The minimum Gasteiger partial charge on any atom is -0.395 e. The van der Waals surface area contributed by atoms with Gasteiger partial charge in [0.25, 0.3) is 0 Å². The number of nitrogens with zero attached hydrogens (tertiary/aromatic N) is 5. The van der Waals surface area contributed by atoms with Gasteiger partial charge in [-0.25, -0.2) is 9.97 Å². The van der Waals surface area contributed by atoms with Crippen LogP contribution < -0.4 is 10.2 Å². The molecule has 0 bridgehead atoms. The van der Waals surface area contributed by atoms with Crippen LogP contribution in [0.3, 0.4) is 0 Å². The third-order valence-corrected chi connectivity index (χ3v) is 3.70. The van der Waals surface area contributed by atoms with E-state index in [1.165, 1.54) is 0 Å². The Labute approximate surface area is 117 Å². The molecule has 1 aliphatic heterocycles. The smallest absolute Gasteiger partial charge is 0.180 e. The van der Waals surface area contributed by atoms with Crippen LogP contribution in [0.1, 0.15) is 0 Å². The monoisotopic (exact) mass is 276 g/mol. The highest BCUT2D eigenvalue weighted by atomic mass is 16.3. The summed E-state index contributed by atoms with van der Waals surface area (Å²) >= 11 is 0. The van der Waals surface area contributed by atoms with Crippen molar-refractivity contribution in [1.82, 2.24) is 19.3 Å². The van der Waals surface area contributed by atoms with Gasteiger partial charge in [-0.15, -0.1) is 0 Å². The van der Waals surface area contributed by atoms with Crippen molar-refractivity contribution in [3.05, 3.63) is 18.6 Å². The molecule has 0 aromatic carbocycles. The summed E-state index contributed by atoms with van der Waals surface area (Å²) in [6.45, 7) is 4.66. The van der Waals surface area contributed by atoms with Crippen molar-refractivity contribution in [3.8, 4) is 0 Å². The van der Waals surface area contributed by atoms with Crippen molar-refractivity contribution < 1.29 is 5.11 Å². The number of piperazine rings is 1. The SMILES string of the molecule is CNc1cn2ccnc2c(N2CCN(CCO)CC2)n1. The van der Waals surface area contributed by atoms with Gasteiger partial charge in [0.1, 0.15) is 5.82 Å². The molecule has 0 saturated carbocycles. The highest BCUT2D eigenvalue weighted by Crippen LogP contribution is 2.21. The van der Waals surface area contributed by atoms with E-state index < -0.39 is 0 Å². The molecule has 3 heterocycles. The third kappa shape index (κ3) is 2.41. The molecule has 20 heavy (non-hydrogen) atoms. The zero-order chi connectivity index (χ0) is 13.9. The van der Waals surface area contributed by atoms with Gasteiger partial charge in [0.05, 0.1) is 12.8 Å². The van der Waals surface area contributed by atoms with Crippen molar-refractivity contribution in [3.63, 3.8) is 0 Å². The molecule has 1 fully saturated rings. The summed E-state index contributed by atoms with van der Waals surface area (Å²) in [6.07, 6.45) is 5.67. The lowest BCUT2D eigenvalue weighted by Crippen LogP contribution is -2.47. The van der Waals surface area contributed by atoms with Gasteiger partial charge in [-0.2, -0.15) is 0 Å². The Balaban J connectivity index is 1.85. The van der Waals surface area contributed by atoms with Crippen molar-refractivity contribution >= 4 is 17.3 Å². The van der Waals surface area contributed by atoms with Crippen LogP contribution in [-0.2, 0) is 0 Å². The number of hydrogen-bond acceptors (Lipinski definition) is 6. The average molecular weight is 276 g/mol. The predicted molar refractivity (Wildman–Crippen MR) is 78.3 cm³/mol. The van der Waals surface area contributed by atoms with Crippen LogP contribution in [0.25, 0.3) is 5.65 Å². The maximum atomic E-state index is 8.99. The standard InChI is InChI=1S/C13H20N6O/c1-14-11-10-19-3-2-15-12(19)13(16-11)18-6-4-17(5-7-18)8-9-20/h2-3,10,14,20H,4-9H2,1H3. The zero-order valence-corrected chi connectivity index (χ0v) is 11.7. The number of anilines is 2. The molecule has 0 atom stereocenters. The van der Waals surface area contributed by atoms with E-state index in [1.807, 2.05) is 23.8 Å². The van der Waals surface area contributed by atoms with E-state index in [2.05, 4.69) is 25.1 Å². The number of rotatable bonds is 4. The first-order valence-electron chi connectivity index (χ1n) is 6.91. The second-order valence-corrected chi connectivity index (χ2v) is 4.91. The second kappa shape index (κ2) is 5.64. The maximum Gasteiger partial charge on any atom is 0.180 e. The molecule has 3 rings (SSSR count). The number of aliphatic hydroxyl groups excluding tert-OH is 1. The van der Waals surface area contributed by atoms with Gasteiger partial charge in [0.2, 0.25) is 0 Å². The van der Waals surface area contributed by atoms with Crippen LogP contribution in [0, 0.1) is 0 Å². The molecule has 7 heteroatoms. The van der Waals surface area contributed by atoms with E-state index in [9.17, 15) is 0 Å². The largest absolute Gasteiger partial charge is 0.395 e. The number of aromatic nitrogens is 3. The molecule has 108 valence electrons. The number of imidazole rings is 1. The Morgan fingerprint density at radius 3 is 2.80 bits per heavy atom. The molecule has 2 aromatic heterocycles. The van der Waals surface area contributed by atoms with Gasteiger partial charge >= 0.3 is 0 Å². The van der Waals surface area contributed by atoms with Gasteiger partial charge in [-0.3, -0.25) is 4.90 Å². The molecule has 2 aromatic rings. The minimum absolute atomic E-state index is 0.220. The van der Waals surface area contributed by atoms with E-state index in [-0.39, 0.29) is 6.61 Å². The van der Waals surface area contributed by atoms with Crippen LogP contribution in [0.4, 0.5) is 11.6 Å². The summed E-state index contributed by atoms with van der Waals surface area (Å²) in [5.74, 6) is 1.76. The van der Waals surface area contributed by atoms with E-state index in [4.69, 9.17) is 5.11 Å². The summed E-state index contributed by atoms with van der Waals surface area (Å²) in [7, 11) is 1.87. The maximum absolute atomic E-state index is 8.99. The molecule has 0 aliphatic carbocycles. The molecule has 0 radical (unpaired) electrons. The number of aliphatic hydroxyl groups is 1. The number of β-amino-alcohol motifs (C(OH)–C–C–N with tert-alkyl or cyclic N) is 1. The quantitative estimate of drug-likeness (QED) is 0.812. The summed E-state index contributed by atoms with van der Waals surface area (Å²) < 4.78 is 1.99. The molecule has 1 aliphatic rings. The molecular weight excluding hydrogens is 256 g/mol. The average Bonchev–Trinajstić information content (AvgIpc) is 2.95. The highest BCUT2D eigenvalue weighted by molar-refractivity contribution is 5.67. The summed E-state index contributed by atoms with van der Waals surface area (Å²) in [4.78, 5) is 13.6. The Bertz CT molecular complexity index is 575. The van der Waals surface area contributed by atoms with E-state index in [1.54, 1.807) is 6.20 Å². The Kier molecular flexibility index (Phi) is 3.70. The van der Waals surface area contributed by atoms with Crippen LogP contribution in [0.5, 0.6) is 0 Å². The molecular formula is C13H20N6O. The van der Waals surface area contributed by atoms with Crippen molar-refractivity contribution in [2.75, 3.05) is 56.6 Å². The highest BCUT2D eigenvalue weighted by Gasteiger charge is 2.20. The lowest BCUT2D eigenvalue weighted by atomic mass is 10.3. The second-order valence-electron chi connectivity index (χ2n) is 4.91. The normalized spacial score (nSPS) is 16.8. The van der Waals surface area contributed by atoms with Crippen molar-refractivity contribution in [2.45, 2.75) is 0 Å². The Morgan fingerprint density at radius 2 is 2.10 bits per heavy atom. The van der Waals surface area contributed by atoms with E-state index in [0.717, 1.165) is 50.0 Å². The van der Waals surface area contributed by atoms with Gasteiger partial charge in [-0.05, 0) is 0 Å². The molecule has 0 unspecified atom stereocenters. The molecule has 2 N–H and O–H groups in total. The number of nitrogens with one attached hydrogen (secondary N) is 1. The van der Waals surface area contributed by atoms with E-state index >= 15 is 0 Å². The molecule has 0 amide bonds. The summed E-state index contributed by atoms with van der Waals surface area (Å²) in [5, 5.41) is 12.1. The lowest BCUT2D eigenvalue weighted by molar-refractivity contribution is 0.188. The molecule has 7 nitrogen and oxygen atoms in total. The van der Waals surface area contributed by atoms with Gasteiger partial charge in [-0.1, -0.05) is 0 Å². The Morgan fingerprint density at radius 1 is 1.30 bits per heavy atom. The fourth-order valence-corrected chi connectivity index (χ4v) is 2.57. The van der Waals surface area contributed by atoms with Gasteiger partial charge in [0.15, 0.2) is 11.5 Å². The molecule has 1 saturated heterocycles. The van der Waals surface area contributed by atoms with Gasteiger partial charge < -0.3 is 19.7 Å². The summed E-state index contributed by atoms with van der Waals surface area (Å²) in [5.41, 5.74) is 0.889. The van der Waals surface area contributed by atoms with E-state index in [0.29, 0.717) is 0 Å². The zero-order valence-electron chi connectivity index (χ0n) is 11.7. The molecule has 0 spiro atoms.